The van der Waals surface area contributed by atoms with Gasteiger partial charge in [-0.05, 0) is 369 Å². The third kappa shape index (κ3) is 16.0. The Bertz CT molecular complexity index is 6480. The molecule has 12 bridgehead atoms. The number of nitrogens with two attached hydrogens (primary N) is 1. The Labute approximate surface area is 894 Å². The number of nitrogens with zero attached hydrogens (tertiary/aromatic N) is 1. The zero-order valence-electron chi connectivity index (χ0n) is 83.4. The van der Waals surface area contributed by atoms with Crippen molar-refractivity contribution in [3.05, 3.63) is 342 Å². The van der Waals surface area contributed by atoms with Crippen molar-refractivity contribution in [2.45, 2.75) is 308 Å². The molecule has 18 aliphatic rings. The molecule has 0 saturated heterocycles. The number of alkyl halides is 1. The molecule has 1 amide bonds. The van der Waals surface area contributed by atoms with Gasteiger partial charge < -0.3 is 67.4 Å². The summed E-state index contributed by atoms with van der Waals surface area (Å²) in [6, 6.07) is 58.9. The van der Waals surface area contributed by atoms with E-state index < -0.39 is 63.3 Å². The van der Waals surface area contributed by atoms with Crippen molar-refractivity contribution in [2.24, 2.45) is 47.9 Å². The van der Waals surface area contributed by atoms with E-state index in [1.165, 1.54) is 83.5 Å². The summed E-state index contributed by atoms with van der Waals surface area (Å²) >= 11 is 6.72. The first-order chi connectivity index (χ1) is 66.7. The van der Waals surface area contributed by atoms with Crippen LogP contribution in [0.4, 0.5) is 4.79 Å². The van der Waals surface area contributed by atoms with Crippen LogP contribution in [0.15, 0.2) is 235 Å². The number of hydrogen-bond acceptors (Lipinski definition) is 16. The van der Waals surface area contributed by atoms with Gasteiger partial charge in [-0.3, -0.25) is 14.4 Å². The van der Waals surface area contributed by atoms with E-state index in [0.717, 1.165) is 184 Å². The number of halogens is 1. The summed E-state index contributed by atoms with van der Waals surface area (Å²) < 4.78 is 8.24. The number of rotatable bonds is 10. The van der Waals surface area contributed by atoms with Gasteiger partial charge in [-0.15, -0.1) is 0 Å². The zero-order valence-corrected chi connectivity index (χ0v) is 89.0. The summed E-state index contributed by atoms with van der Waals surface area (Å²) in [5.74, 6) is 0.190. The Hall–Kier alpha value is -7.69. The van der Waals surface area contributed by atoms with Crippen molar-refractivity contribution in [2.75, 3.05) is 11.9 Å². The second-order valence-electron chi connectivity index (χ2n) is 46.4. The van der Waals surface area contributed by atoms with Gasteiger partial charge in [-0.2, -0.15) is 0 Å². The summed E-state index contributed by atoms with van der Waals surface area (Å²) in [7, 11) is 4.34. The SMILES string of the molecule is C=C1C[C@]23C[C@@]1(O)CC[C@H]2c1cccc(C)c1[C@@H]3C(=O)O.C=C1C[C@]23C[C@@]1(O)CC[C@H]2c1cccc(C)c1[C@@H]3CO.C=C1C[C@]23C[C@@]1(O)CC[C@H]2c1cccc(C)c1[C@@H]3N.C=C1C[C@]23C[C@@]1(O)CC[C@H]2c1cccc(C)c1[C@@H]3NC(=O)OCc1ccccc1.C=C1C[C@]23C[C@@]1(O)CC[C@H]2c1cccc(C)c1[C@@H]3NCc1ccccc1.Cc1cccc2c1[C@H](C(=O)O)[C@@]13CC(=O)[C@@](CBr)(CC[C@@H]21)C3.[B]=NS.[K+].[OH-]. The number of aliphatic carboxylic acids is 2. The first-order valence-corrected chi connectivity index (χ1v) is 52.5. The number of benzene rings is 8. The molecule has 22 heteroatoms. The fraction of sp³-hybridized carbons (Fsp3) is 0.483. The molecule has 0 heterocycles. The fourth-order valence-corrected chi connectivity index (χ4v) is 34.6. The largest absolute Gasteiger partial charge is 1.00 e. The van der Waals surface area contributed by atoms with Crippen LogP contribution in [-0.2, 0) is 32.3 Å². The van der Waals surface area contributed by atoms with Crippen molar-refractivity contribution in [1.82, 2.24) is 10.6 Å². The molecule has 739 valence electrons. The van der Waals surface area contributed by atoms with E-state index in [9.17, 15) is 60.0 Å². The Morgan fingerprint density at radius 3 is 1.17 bits per heavy atom. The monoisotopic (exact) mass is 2020 g/mol. The maximum atomic E-state index is 12.8. The first-order valence-electron chi connectivity index (χ1n) is 51.0. The van der Waals surface area contributed by atoms with Crippen molar-refractivity contribution in [3.63, 3.8) is 0 Å². The Balaban J connectivity index is 0.000000112. The number of aliphatic hydroxyl groups excluding tert-OH is 1. The van der Waals surface area contributed by atoms with Crippen molar-refractivity contribution >= 4 is 60.2 Å². The van der Waals surface area contributed by atoms with Gasteiger partial charge >= 0.3 is 94.2 Å². The van der Waals surface area contributed by atoms with E-state index in [-0.39, 0.29) is 144 Å². The molecule has 18 nitrogen and oxygen atoms in total. The van der Waals surface area contributed by atoms with Crippen LogP contribution in [0.1, 0.15) is 337 Å². The maximum absolute atomic E-state index is 12.8. The van der Waals surface area contributed by atoms with Crippen molar-refractivity contribution < 1.29 is 122 Å². The average Bonchev–Trinajstić information content (AvgIpc) is 1.53. The molecule has 18 aliphatic carbocycles. The average molecular weight is 2020 g/mol. The van der Waals surface area contributed by atoms with E-state index >= 15 is 0 Å². The van der Waals surface area contributed by atoms with E-state index in [0.29, 0.717) is 61.1 Å². The van der Waals surface area contributed by atoms with E-state index in [1.807, 2.05) is 68.4 Å². The number of aryl methyl sites for hydroxylation is 6. The van der Waals surface area contributed by atoms with Gasteiger partial charge in [0.25, 0.3) is 0 Å². The number of hydrogen-bond donors (Lipinski definition) is 12. The van der Waals surface area contributed by atoms with Crippen molar-refractivity contribution in [3.8, 4) is 0 Å². The molecule has 0 unspecified atom stereocenters. The number of fused-ring (bicyclic) bond motifs is 18. The van der Waals surface area contributed by atoms with Crippen LogP contribution in [0.3, 0.4) is 0 Å². The summed E-state index contributed by atoms with van der Waals surface area (Å²) in [5.41, 5.74) is 31.5. The smallest absolute Gasteiger partial charge is 0.870 e. The Morgan fingerprint density at radius 2 is 0.739 bits per heavy atom. The first kappa shape index (κ1) is 104. The number of carboxylic acids is 2. The number of ether oxygens (including phenoxy) is 1. The molecular formula is C120H138BBrKN4O14S. The van der Waals surface area contributed by atoms with Crippen LogP contribution in [0.5, 0.6) is 0 Å². The molecule has 8 aromatic carbocycles. The van der Waals surface area contributed by atoms with Gasteiger partial charge in [0.1, 0.15) is 12.4 Å². The van der Waals surface area contributed by atoms with E-state index in [4.69, 9.17) is 10.5 Å². The summed E-state index contributed by atoms with van der Waals surface area (Å²) in [6.45, 7) is 34.7. The molecule has 12 fully saturated rings. The maximum Gasteiger partial charge on any atom is 1.00 e. The van der Waals surface area contributed by atoms with E-state index in [1.54, 1.807) is 0 Å². The number of alkyl carbamates (subject to hydrolysis) is 1. The minimum atomic E-state index is -0.847. The summed E-state index contributed by atoms with van der Waals surface area (Å²) in [5, 5.41) is 92.3. The normalized spacial score (nSPS) is 36.5. The summed E-state index contributed by atoms with van der Waals surface area (Å²) in [6.07, 6.45) is 19.1. The molecule has 0 aliphatic heterocycles. The Kier molecular flexibility index (Phi) is 28.0. The molecule has 142 heavy (non-hydrogen) atoms. The van der Waals surface area contributed by atoms with Crippen molar-refractivity contribution in [1.29, 1.82) is 0 Å². The number of nitrogens with one attached hydrogen (secondary N) is 2. The second-order valence-corrected chi connectivity index (χ2v) is 47.1. The Morgan fingerprint density at radius 1 is 0.430 bits per heavy atom. The van der Waals surface area contributed by atoms with E-state index in [2.05, 4.69) is 227 Å². The molecule has 8 aromatic rings. The number of carbonyl (C=O) groups excluding carboxylic acids is 2. The van der Waals surface area contributed by atoms with Gasteiger partial charge in [0.15, 0.2) is 0 Å². The number of carboxylic acid groups (broad SMARTS) is 2. The van der Waals surface area contributed by atoms with Crippen LogP contribution < -0.4 is 67.8 Å². The minimum absolute atomic E-state index is 0. The quantitative estimate of drug-likeness (QED) is 0.0262. The third-order valence-corrected chi connectivity index (χ3v) is 40.8. The molecule has 13 N–H and O–H groups in total. The molecule has 24 atom stereocenters. The van der Waals surface area contributed by atoms with Gasteiger partial charge in [0.2, 0.25) is 0 Å². The van der Waals surface area contributed by atoms with Crippen LogP contribution in [0.25, 0.3) is 0 Å². The summed E-state index contributed by atoms with van der Waals surface area (Å²) in [4.78, 5) is 49.7. The predicted octanol–water partition coefficient (Wildman–Crippen LogP) is 19.6. The van der Waals surface area contributed by atoms with Gasteiger partial charge in [0, 0.05) is 68.8 Å². The molecule has 12 saturated carbocycles. The van der Waals surface area contributed by atoms with Crippen LogP contribution in [0.2, 0.25) is 0 Å². The number of thiol groups is 1. The topological polar surface area (TPSA) is 332 Å². The third-order valence-electron chi connectivity index (χ3n) is 39.8. The van der Waals surface area contributed by atoms with Crippen LogP contribution >= 0.6 is 28.7 Å². The molecule has 26 rings (SSSR count). The number of carbonyl (C=O) groups is 4. The number of aliphatic hydroxyl groups is 6. The predicted molar refractivity (Wildman–Crippen MR) is 556 cm³/mol. The van der Waals surface area contributed by atoms with Gasteiger partial charge in [0.05, 0.1) is 52.5 Å². The second kappa shape index (κ2) is 38.2. The van der Waals surface area contributed by atoms with Crippen LogP contribution in [-0.4, -0.2) is 118 Å². The molecular weight excluding hydrogens is 1880 g/mol. The molecule has 6 spiro atoms. The number of amides is 1. The van der Waals surface area contributed by atoms with Gasteiger partial charge in [-0.25, -0.2) is 4.79 Å². The van der Waals surface area contributed by atoms with Gasteiger partial charge in [-0.1, -0.05) is 219 Å². The van der Waals surface area contributed by atoms with Crippen LogP contribution in [0, 0.1) is 79.4 Å². The standard InChI is InChI=1S/C25H27NO3.C24H27NO.C18H19BrO3.C18H20O3.C18H22O2.C17H21NO.BHNS.K.H2O/c1-16-7-6-10-19-20-11-12-25(28)15-24(20,13-17(25)2)22(21(16)19)26-23(27)29-14-18-8-4-3-5-9-18;1-16-7-6-10-19-20-11-12-24(26)15-23(20,13-17(24)2)22(21(16)19)25-14-18-8-4-3-5-9-18;1-10-3-2-4-11-12-5-6-17(9-19)8-18(12,7-13(17)20)15(14(10)11)16(21)22;1-10-4-3-5-12-13-6-7-18(21)9-17(13,8-11(18)2)15(14(10)12)16(19)20;1-11-4-3-5-13-14-6-7-18(20)10-17(14,8-12(18)2)15(9-19)16(11)13;1-10-4-3-5-12-13-6-7-17(19)9-16(13,8-11(17)2)15(18)14(10)12;1-2-3;;/h3-10,20,22,28H,2,11-15H2,1H3,(H,26,27);3-10,20,22,25-26H,2,11-15H2,1H3;2-4,12,15H,5-9H2,1H3,(H,21,22);3-5,13,15,21H,2,6-9H2,1H3,(H,19,20);3-5,14-15,19-20H,2,6-10H2,1H3;3-5,13,15,19H,2,6-9,18H2,1H3;3H;;1H2/q;;;;;;;+1;/p-1/t20-,22-,24-,25-;20-,22-,23-,24-;12-,15+,17-,18+;13-,15+,17-,18-;14-,15-,17-,18-;13-,15-,16-,17-;;;/m000000.../s1. The number of Topliss-reactive ketones (excluding diaryl/α,β-unsaturated/α-hetero) is 1. The fourth-order valence-electron chi connectivity index (χ4n) is 33.8. The number of ketones is 1. The zero-order chi connectivity index (χ0) is 99.1. The molecule has 0 aromatic heterocycles. The molecule has 1 radical (unpaired) electrons. The minimum Gasteiger partial charge on any atom is -0.870 e.